The molecule has 7 heteroatoms. The number of ether oxygens (including phenoxy) is 1. The van der Waals surface area contributed by atoms with Gasteiger partial charge in [-0.05, 0) is 30.2 Å². The van der Waals surface area contributed by atoms with E-state index in [0.29, 0.717) is 18.3 Å². The zero-order valence-corrected chi connectivity index (χ0v) is 15.6. The number of aromatic nitrogens is 2. The lowest BCUT2D eigenvalue weighted by atomic mass is 9.92. The van der Waals surface area contributed by atoms with Gasteiger partial charge in [-0.1, -0.05) is 36.3 Å². The van der Waals surface area contributed by atoms with Gasteiger partial charge < -0.3 is 9.26 Å². The summed E-state index contributed by atoms with van der Waals surface area (Å²) in [6, 6.07) is 7.57. The fourth-order valence-electron chi connectivity index (χ4n) is 3.17. The minimum absolute atomic E-state index is 0.195. The van der Waals surface area contributed by atoms with Crippen molar-refractivity contribution in [1.29, 1.82) is 0 Å². The van der Waals surface area contributed by atoms with Crippen LogP contribution < -0.4 is 0 Å². The normalized spacial score (nSPS) is 18.6. The molecule has 0 bridgehead atoms. The Morgan fingerprint density at radius 1 is 1.48 bits per heavy atom. The van der Waals surface area contributed by atoms with Crippen molar-refractivity contribution in [2.24, 2.45) is 0 Å². The van der Waals surface area contributed by atoms with Crippen molar-refractivity contribution in [3.05, 3.63) is 47.1 Å². The highest BCUT2D eigenvalue weighted by Gasteiger charge is 2.34. The van der Waals surface area contributed by atoms with Crippen LogP contribution in [-0.4, -0.2) is 40.4 Å². The molecule has 0 N–H and O–H groups in total. The molecule has 2 atom stereocenters. The largest absolute Gasteiger partial charge is 0.468 e. The second-order valence-electron chi connectivity index (χ2n) is 5.99. The summed E-state index contributed by atoms with van der Waals surface area (Å²) in [5, 5.41) is 4.28. The molecule has 2 unspecified atom stereocenters. The van der Waals surface area contributed by atoms with Gasteiger partial charge in [0.25, 0.3) is 0 Å². The van der Waals surface area contributed by atoms with Crippen molar-refractivity contribution in [3.63, 3.8) is 0 Å². The maximum atomic E-state index is 12.4. The van der Waals surface area contributed by atoms with E-state index in [0.717, 1.165) is 24.3 Å². The minimum Gasteiger partial charge on any atom is -0.468 e. The molecular formula is C18H23N3O3S. The molecule has 25 heavy (non-hydrogen) atoms. The molecule has 3 rings (SSSR count). The van der Waals surface area contributed by atoms with Crippen LogP contribution in [0.2, 0.25) is 0 Å². The Bertz CT molecular complexity index is 734. The summed E-state index contributed by atoms with van der Waals surface area (Å²) in [4.78, 5) is 18.9. The maximum absolute atomic E-state index is 12.4. The van der Waals surface area contributed by atoms with Gasteiger partial charge in [-0.3, -0.25) is 4.90 Å². The Hall–Kier alpha value is -1.86. The number of fused-ring (bicyclic) bond motifs is 1. The van der Waals surface area contributed by atoms with Gasteiger partial charge in [-0.15, -0.1) is 0 Å². The first-order valence-electron chi connectivity index (χ1n) is 8.47. The van der Waals surface area contributed by atoms with E-state index in [4.69, 9.17) is 9.26 Å². The van der Waals surface area contributed by atoms with Gasteiger partial charge in [-0.25, -0.2) is 4.79 Å². The summed E-state index contributed by atoms with van der Waals surface area (Å²) >= 11 is 1.77. The SMILES string of the molecule is CCSC(C)c1noc(CN2CCc3ccccc3C2C(=O)OC)n1. The molecule has 0 radical (unpaired) electrons. The zero-order valence-electron chi connectivity index (χ0n) is 14.8. The molecule has 1 aromatic carbocycles. The van der Waals surface area contributed by atoms with Crippen LogP contribution in [0.4, 0.5) is 0 Å². The first-order valence-corrected chi connectivity index (χ1v) is 9.52. The van der Waals surface area contributed by atoms with Crippen LogP contribution in [0.5, 0.6) is 0 Å². The molecule has 134 valence electrons. The lowest BCUT2D eigenvalue weighted by molar-refractivity contribution is -0.148. The minimum atomic E-state index is -0.437. The molecule has 2 aromatic rings. The number of carbonyl (C=O) groups excluding carboxylic acids is 1. The smallest absolute Gasteiger partial charge is 0.327 e. The third-order valence-electron chi connectivity index (χ3n) is 4.41. The van der Waals surface area contributed by atoms with Gasteiger partial charge in [0.05, 0.1) is 18.9 Å². The number of methoxy groups -OCH3 is 1. The molecule has 2 heterocycles. The predicted octanol–water partition coefficient (Wildman–Crippen LogP) is 3.16. The summed E-state index contributed by atoms with van der Waals surface area (Å²) in [7, 11) is 1.42. The van der Waals surface area contributed by atoms with E-state index in [2.05, 4.69) is 30.1 Å². The first kappa shape index (κ1) is 17.9. The van der Waals surface area contributed by atoms with Crippen LogP contribution in [0.25, 0.3) is 0 Å². The van der Waals surface area contributed by atoms with E-state index in [1.165, 1.54) is 12.7 Å². The Kier molecular flexibility index (Phi) is 5.75. The lowest BCUT2D eigenvalue weighted by Gasteiger charge is -2.34. The second kappa shape index (κ2) is 8.01. The summed E-state index contributed by atoms with van der Waals surface area (Å²) < 4.78 is 10.5. The second-order valence-corrected chi connectivity index (χ2v) is 7.61. The van der Waals surface area contributed by atoms with Crippen LogP contribution in [0.1, 0.15) is 48.0 Å². The van der Waals surface area contributed by atoms with Crippen LogP contribution in [0.3, 0.4) is 0 Å². The first-order chi connectivity index (χ1) is 12.1. The Morgan fingerprint density at radius 2 is 2.28 bits per heavy atom. The lowest BCUT2D eigenvalue weighted by Crippen LogP contribution is -2.39. The summed E-state index contributed by atoms with van der Waals surface area (Å²) in [6.45, 7) is 5.35. The van der Waals surface area contributed by atoms with Gasteiger partial charge >= 0.3 is 5.97 Å². The molecule has 1 aliphatic rings. The number of hydrogen-bond acceptors (Lipinski definition) is 7. The van der Waals surface area contributed by atoms with E-state index in [9.17, 15) is 4.79 Å². The molecule has 0 fully saturated rings. The number of carbonyl (C=O) groups is 1. The number of hydrogen-bond donors (Lipinski definition) is 0. The van der Waals surface area contributed by atoms with Crippen molar-refractivity contribution < 1.29 is 14.1 Å². The van der Waals surface area contributed by atoms with Crippen LogP contribution in [0.15, 0.2) is 28.8 Å². The Balaban J connectivity index is 1.81. The van der Waals surface area contributed by atoms with Gasteiger partial charge in [0.15, 0.2) is 5.82 Å². The van der Waals surface area contributed by atoms with Crippen LogP contribution in [-0.2, 0) is 22.5 Å². The quantitative estimate of drug-likeness (QED) is 0.732. The van der Waals surface area contributed by atoms with Crippen molar-refractivity contribution in [2.45, 2.75) is 38.1 Å². The van der Waals surface area contributed by atoms with Gasteiger partial charge in [-0.2, -0.15) is 16.7 Å². The monoisotopic (exact) mass is 361 g/mol. The van der Waals surface area contributed by atoms with Crippen LogP contribution in [0, 0.1) is 0 Å². The molecule has 1 aliphatic heterocycles. The highest BCUT2D eigenvalue weighted by Crippen LogP contribution is 2.32. The molecule has 0 amide bonds. The zero-order chi connectivity index (χ0) is 17.8. The number of esters is 1. The molecule has 1 aromatic heterocycles. The van der Waals surface area contributed by atoms with Crippen molar-refractivity contribution >= 4 is 17.7 Å². The third kappa shape index (κ3) is 3.88. The van der Waals surface area contributed by atoms with E-state index < -0.39 is 6.04 Å². The van der Waals surface area contributed by atoms with Crippen molar-refractivity contribution in [2.75, 3.05) is 19.4 Å². The highest BCUT2D eigenvalue weighted by molar-refractivity contribution is 7.99. The predicted molar refractivity (Wildman–Crippen MR) is 96.2 cm³/mol. The van der Waals surface area contributed by atoms with E-state index in [-0.39, 0.29) is 11.2 Å². The number of benzene rings is 1. The van der Waals surface area contributed by atoms with Crippen LogP contribution >= 0.6 is 11.8 Å². The molecule has 0 saturated heterocycles. The Labute approximate surface area is 151 Å². The average Bonchev–Trinajstić information content (AvgIpc) is 3.10. The molecule has 0 spiro atoms. The summed E-state index contributed by atoms with van der Waals surface area (Å²) in [6.07, 6.45) is 0.882. The summed E-state index contributed by atoms with van der Waals surface area (Å²) in [5.74, 6) is 1.97. The average molecular weight is 361 g/mol. The maximum Gasteiger partial charge on any atom is 0.327 e. The number of nitrogens with zero attached hydrogens (tertiary/aromatic N) is 3. The summed E-state index contributed by atoms with van der Waals surface area (Å²) in [5.41, 5.74) is 2.18. The third-order valence-corrected chi connectivity index (χ3v) is 5.45. The van der Waals surface area contributed by atoms with Gasteiger partial charge in [0.1, 0.15) is 6.04 Å². The van der Waals surface area contributed by atoms with E-state index in [1.807, 2.05) is 23.1 Å². The Morgan fingerprint density at radius 3 is 3.04 bits per heavy atom. The molecule has 0 aliphatic carbocycles. The van der Waals surface area contributed by atoms with E-state index >= 15 is 0 Å². The van der Waals surface area contributed by atoms with E-state index in [1.54, 1.807) is 11.8 Å². The number of rotatable bonds is 6. The standard InChI is InChI=1S/C18H23N3O3S/c1-4-25-12(2)17-19-15(24-20-17)11-21-10-9-13-7-5-6-8-14(13)16(21)18(22)23-3/h5-8,12,16H,4,9-11H2,1-3H3. The van der Waals surface area contributed by atoms with Gasteiger partial charge in [0, 0.05) is 6.54 Å². The molecule has 6 nitrogen and oxygen atoms in total. The van der Waals surface area contributed by atoms with Gasteiger partial charge in [0.2, 0.25) is 5.89 Å². The topological polar surface area (TPSA) is 68.5 Å². The molecule has 0 saturated carbocycles. The fourth-order valence-corrected chi connectivity index (χ4v) is 3.92. The molecular weight excluding hydrogens is 338 g/mol. The fraction of sp³-hybridized carbons (Fsp3) is 0.500. The van der Waals surface area contributed by atoms with Crippen molar-refractivity contribution in [1.82, 2.24) is 15.0 Å². The van der Waals surface area contributed by atoms with Crippen molar-refractivity contribution in [3.8, 4) is 0 Å². The number of thioether (sulfide) groups is 1. The highest BCUT2D eigenvalue weighted by atomic mass is 32.2.